The topological polar surface area (TPSA) is 80.7 Å². The van der Waals surface area contributed by atoms with E-state index in [1.807, 2.05) is 12.1 Å². The van der Waals surface area contributed by atoms with Gasteiger partial charge in [0.1, 0.15) is 6.61 Å². The number of halogens is 1. The molecule has 2 atom stereocenters. The van der Waals surface area contributed by atoms with Crippen molar-refractivity contribution in [1.29, 1.82) is 0 Å². The van der Waals surface area contributed by atoms with Crippen molar-refractivity contribution in [2.45, 2.75) is 37.8 Å². The van der Waals surface area contributed by atoms with Crippen LogP contribution in [0.1, 0.15) is 36.0 Å². The summed E-state index contributed by atoms with van der Waals surface area (Å²) in [5.41, 5.74) is 1.96. The Morgan fingerprint density at radius 2 is 2.00 bits per heavy atom. The number of methoxy groups -OCH3 is 1. The molecule has 1 aromatic carbocycles. The molecule has 7 heteroatoms. The highest BCUT2D eigenvalue weighted by atomic mass is 35.5. The number of carbonyl (C=O) groups is 1. The number of hydrogen-bond acceptors (Lipinski definition) is 5. The van der Waals surface area contributed by atoms with Gasteiger partial charge in [-0.15, -0.1) is 0 Å². The molecule has 150 valence electrons. The molecular weight excluding hydrogens is 380 g/mol. The number of aliphatic hydroxyl groups excluding tert-OH is 1. The van der Waals surface area contributed by atoms with Crippen molar-refractivity contribution in [3.63, 3.8) is 0 Å². The van der Waals surface area contributed by atoms with Gasteiger partial charge >= 0.3 is 0 Å². The molecule has 1 aromatic heterocycles. The zero-order valence-corrected chi connectivity index (χ0v) is 16.6. The molecule has 3 rings (SSSR count). The van der Waals surface area contributed by atoms with Crippen LogP contribution in [0.25, 0.3) is 11.1 Å². The van der Waals surface area contributed by atoms with Gasteiger partial charge < -0.3 is 19.9 Å². The van der Waals surface area contributed by atoms with Crippen molar-refractivity contribution in [2.24, 2.45) is 0 Å². The van der Waals surface area contributed by atoms with Gasteiger partial charge in [0.05, 0.1) is 24.3 Å². The molecule has 1 fully saturated rings. The van der Waals surface area contributed by atoms with Crippen LogP contribution in [-0.2, 0) is 4.74 Å². The summed E-state index contributed by atoms with van der Waals surface area (Å²) in [5, 5.41) is 13.7. The lowest BCUT2D eigenvalue weighted by molar-refractivity contribution is 0.0717. The summed E-state index contributed by atoms with van der Waals surface area (Å²) in [5.74, 6) is 0.172. The molecule has 0 unspecified atom stereocenters. The van der Waals surface area contributed by atoms with Crippen LogP contribution in [0.5, 0.6) is 5.88 Å². The summed E-state index contributed by atoms with van der Waals surface area (Å²) in [7, 11) is 1.60. The highest BCUT2D eigenvalue weighted by Gasteiger charge is 2.25. The van der Waals surface area contributed by atoms with Crippen LogP contribution in [0.3, 0.4) is 0 Å². The van der Waals surface area contributed by atoms with Gasteiger partial charge in [-0.1, -0.05) is 36.6 Å². The van der Waals surface area contributed by atoms with Crippen molar-refractivity contribution < 1.29 is 19.4 Å². The van der Waals surface area contributed by atoms with Crippen LogP contribution in [0, 0.1) is 0 Å². The monoisotopic (exact) mass is 404 g/mol. The van der Waals surface area contributed by atoms with Crippen molar-refractivity contribution in [2.75, 3.05) is 20.3 Å². The molecule has 28 heavy (non-hydrogen) atoms. The fourth-order valence-electron chi connectivity index (χ4n) is 3.28. The second-order valence-electron chi connectivity index (χ2n) is 6.86. The van der Waals surface area contributed by atoms with E-state index in [4.69, 9.17) is 21.1 Å². The summed E-state index contributed by atoms with van der Waals surface area (Å²) in [6.07, 6.45) is 4.48. The van der Waals surface area contributed by atoms with Crippen LogP contribution in [-0.4, -0.2) is 48.5 Å². The van der Waals surface area contributed by atoms with Gasteiger partial charge in [0.15, 0.2) is 0 Å². The highest BCUT2D eigenvalue weighted by molar-refractivity contribution is 6.30. The quantitative estimate of drug-likeness (QED) is 0.691. The third kappa shape index (κ3) is 5.22. The maximum Gasteiger partial charge on any atom is 0.253 e. The Balaban J connectivity index is 1.84. The van der Waals surface area contributed by atoms with Crippen molar-refractivity contribution in [3.8, 4) is 17.0 Å². The van der Waals surface area contributed by atoms with Gasteiger partial charge in [0.25, 0.3) is 5.91 Å². The number of nitrogens with zero attached hydrogens (tertiary/aromatic N) is 1. The Morgan fingerprint density at radius 3 is 2.71 bits per heavy atom. The van der Waals surface area contributed by atoms with Gasteiger partial charge in [0, 0.05) is 23.9 Å². The van der Waals surface area contributed by atoms with E-state index in [0.717, 1.165) is 24.8 Å². The standard InChI is InChI=1S/C21H25ClN2O4/c1-27-10-11-28-21-17(14-6-8-16(22)9-7-14)12-15(13-23-21)20(26)24-18-4-2-3-5-19(18)25/h6-9,12-13,18-19,25H,2-5,10-11H2,1H3,(H,24,26)/t18-,19-/m0/s1. The molecule has 0 radical (unpaired) electrons. The predicted molar refractivity (Wildman–Crippen MR) is 108 cm³/mol. The Bertz CT molecular complexity index is 797. The van der Waals surface area contributed by atoms with Crippen LogP contribution in [0.15, 0.2) is 36.5 Å². The van der Waals surface area contributed by atoms with E-state index in [0.29, 0.717) is 41.7 Å². The summed E-state index contributed by atoms with van der Waals surface area (Å²) in [6, 6.07) is 8.80. The molecule has 0 aliphatic heterocycles. The van der Waals surface area contributed by atoms with Crippen LogP contribution in [0.2, 0.25) is 5.02 Å². The third-order valence-corrected chi connectivity index (χ3v) is 5.09. The molecule has 0 spiro atoms. The average molecular weight is 405 g/mol. The zero-order chi connectivity index (χ0) is 19.9. The number of nitrogens with one attached hydrogen (secondary N) is 1. The summed E-state index contributed by atoms with van der Waals surface area (Å²) < 4.78 is 10.7. The molecule has 0 bridgehead atoms. The molecule has 1 aliphatic carbocycles. The number of benzene rings is 1. The molecule has 1 saturated carbocycles. The SMILES string of the molecule is COCCOc1ncc(C(=O)N[C@H]2CCCC[C@@H]2O)cc1-c1ccc(Cl)cc1. The van der Waals surface area contributed by atoms with E-state index in [-0.39, 0.29) is 11.9 Å². The second kappa shape index (κ2) is 9.87. The summed E-state index contributed by atoms with van der Waals surface area (Å²) >= 11 is 5.99. The Morgan fingerprint density at radius 1 is 1.25 bits per heavy atom. The number of ether oxygens (including phenoxy) is 2. The number of pyridine rings is 1. The second-order valence-corrected chi connectivity index (χ2v) is 7.29. The molecular formula is C21H25ClN2O4. The number of aliphatic hydroxyl groups is 1. The summed E-state index contributed by atoms with van der Waals surface area (Å²) in [4.78, 5) is 17.1. The van der Waals surface area contributed by atoms with Gasteiger partial charge in [-0.05, 0) is 36.6 Å². The van der Waals surface area contributed by atoms with E-state index in [9.17, 15) is 9.90 Å². The smallest absolute Gasteiger partial charge is 0.253 e. The van der Waals surface area contributed by atoms with Gasteiger partial charge in [0.2, 0.25) is 5.88 Å². The average Bonchev–Trinajstić information content (AvgIpc) is 2.71. The largest absolute Gasteiger partial charge is 0.475 e. The maximum absolute atomic E-state index is 12.7. The minimum absolute atomic E-state index is 0.224. The number of carbonyl (C=O) groups excluding carboxylic acids is 1. The molecule has 1 heterocycles. The number of rotatable bonds is 7. The predicted octanol–water partition coefficient (Wildman–Crippen LogP) is 3.46. The van der Waals surface area contributed by atoms with E-state index in [1.54, 1.807) is 25.3 Å². The van der Waals surface area contributed by atoms with E-state index >= 15 is 0 Å². The molecule has 2 N–H and O–H groups in total. The van der Waals surface area contributed by atoms with Crippen LogP contribution >= 0.6 is 11.6 Å². The molecule has 0 saturated heterocycles. The number of amides is 1. The highest BCUT2D eigenvalue weighted by Crippen LogP contribution is 2.30. The minimum Gasteiger partial charge on any atom is -0.475 e. The first-order valence-corrected chi connectivity index (χ1v) is 9.83. The molecule has 2 aromatic rings. The van der Waals surface area contributed by atoms with E-state index in [2.05, 4.69) is 10.3 Å². The van der Waals surface area contributed by atoms with E-state index < -0.39 is 6.10 Å². The lowest BCUT2D eigenvalue weighted by Gasteiger charge is -2.28. The zero-order valence-electron chi connectivity index (χ0n) is 15.9. The van der Waals surface area contributed by atoms with Crippen molar-refractivity contribution in [1.82, 2.24) is 10.3 Å². The molecule has 1 amide bonds. The van der Waals surface area contributed by atoms with Gasteiger partial charge in [-0.25, -0.2) is 4.98 Å². The molecule has 1 aliphatic rings. The van der Waals surface area contributed by atoms with Crippen molar-refractivity contribution in [3.05, 3.63) is 47.1 Å². The minimum atomic E-state index is -0.502. The first kappa shape index (κ1) is 20.6. The Hall–Kier alpha value is -2.15. The van der Waals surface area contributed by atoms with Crippen LogP contribution < -0.4 is 10.1 Å². The first-order valence-electron chi connectivity index (χ1n) is 9.45. The first-order chi connectivity index (χ1) is 13.6. The van der Waals surface area contributed by atoms with Crippen LogP contribution in [0.4, 0.5) is 0 Å². The summed E-state index contributed by atoms with van der Waals surface area (Å²) in [6.45, 7) is 0.785. The maximum atomic E-state index is 12.7. The molecule has 6 nitrogen and oxygen atoms in total. The van der Waals surface area contributed by atoms with Gasteiger partial charge in [-0.2, -0.15) is 0 Å². The fourth-order valence-corrected chi connectivity index (χ4v) is 3.41. The lowest BCUT2D eigenvalue weighted by Crippen LogP contribution is -2.45. The lowest BCUT2D eigenvalue weighted by atomic mass is 9.92. The van der Waals surface area contributed by atoms with Crippen molar-refractivity contribution >= 4 is 17.5 Å². The number of hydrogen-bond donors (Lipinski definition) is 2. The normalized spacial score (nSPS) is 19.2. The Kier molecular flexibility index (Phi) is 7.25. The fraction of sp³-hybridized carbons (Fsp3) is 0.429. The third-order valence-electron chi connectivity index (χ3n) is 4.84. The number of aromatic nitrogens is 1. The Labute approximate surface area is 169 Å². The van der Waals surface area contributed by atoms with Gasteiger partial charge in [-0.3, -0.25) is 4.79 Å². The van der Waals surface area contributed by atoms with E-state index in [1.165, 1.54) is 6.20 Å².